The molecule has 76 valence electrons. The first-order chi connectivity index (χ1) is 6.72. The van der Waals surface area contributed by atoms with Gasteiger partial charge in [0.2, 0.25) is 0 Å². The van der Waals surface area contributed by atoms with E-state index < -0.39 is 0 Å². The monoisotopic (exact) mass is 192 g/mol. The molecular formula is C10H16N4. The lowest BCUT2D eigenvalue weighted by Crippen LogP contribution is -2.21. The highest BCUT2D eigenvalue weighted by atomic mass is 15.2. The zero-order chi connectivity index (χ0) is 10.4. The lowest BCUT2D eigenvalue weighted by atomic mass is 10.2. The van der Waals surface area contributed by atoms with Crippen molar-refractivity contribution in [2.75, 3.05) is 20.1 Å². The summed E-state index contributed by atoms with van der Waals surface area (Å²) in [7, 11) is 3.95. The quantitative estimate of drug-likeness (QED) is 0.693. The standard InChI is InChI=1S/C10H16N4/c1-13(6-3-5-11)7-4-10-8-12-14(2)9-10/h8-9H,3-4,6-7H2,1-2H3. The van der Waals surface area contributed by atoms with Crippen LogP contribution in [0.1, 0.15) is 12.0 Å². The molecule has 0 saturated carbocycles. The van der Waals surface area contributed by atoms with Crippen LogP contribution in [0.25, 0.3) is 0 Å². The van der Waals surface area contributed by atoms with Crippen molar-refractivity contribution >= 4 is 0 Å². The van der Waals surface area contributed by atoms with Gasteiger partial charge in [0.25, 0.3) is 0 Å². The number of rotatable bonds is 5. The fourth-order valence-corrected chi connectivity index (χ4v) is 1.27. The van der Waals surface area contributed by atoms with Gasteiger partial charge in [-0.1, -0.05) is 0 Å². The van der Waals surface area contributed by atoms with Crippen LogP contribution in [0.15, 0.2) is 12.4 Å². The topological polar surface area (TPSA) is 44.9 Å². The van der Waals surface area contributed by atoms with Gasteiger partial charge >= 0.3 is 0 Å². The largest absolute Gasteiger partial charge is 0.305 e. The van der Waals surface area contributed by atoms with Crippen LogP contribution >= 0.6 is 0 Å². The number of hydrogen-bond acceptors (Lipinski definition) is 3. The van der Waals surface area contributed by atoms with Crippen LogP contribution in [0, 0.1) is 11.3 Å². The molecule has 0 atom stereocenters. The Morgan fingerprint density at radius 2 is 2.36 bits per heavy atom. The molecule has 0 N–H and O–H groups in total. The number of aromatic nitrogens is 2. The van der Waals surface area contributed by atoms with Crippen LogP contribution in [0.5, 0.6) is 0 Å². The van der Waals surface area contributed by atoms with E-state index in [4.69, 9.17) is 5.26 Å². The van der Waals surface area contributed by atoms with E-state index in [1.807, 2.05) is 31.2 Å². The average Bonchev–Trinajstić information content (AvgIpc) is 2.58. The van der Waals surface area contributed by atoms with E-state index in [0.29, 0.717) is 6.42 Å². The fourth-order valence-electron chi connectivity index (χ4n) is 1.27. The van der Waals surface area contributed by atoms with E-state index in [0.717, 1.165) is 19.5 Å². The van der Waals surface area contributed by atoms with E-state index in [2.05, 4.69) is 16.1 Å². The lowest BCUT2D eigenvalue weighted by molar-refractivity contribution is 0.346. The smallest absolute Gasteiger partial charge is 0.0635 e. The summed E-state index contributed by atoms with van der Waals surface area (Å²) in [4.78, 5) is 2.16. The molecule has 14 heavy (non-hydrogen) atoms. The Morgan fingerprint density at radius 3 is 2.93 bits per heavy atom. The Kier molecular flexibility index (Phi) is 4.14. The van der Waals surface area contributed by atoms with Crippen LogP contribution in [-0.4, -0.2) is 34.8 Å². The summed E-state index contributed by atoms with van der Waals surface area (Å²) in [6.45, 7) is 1.82. The van der Waals surface area contributed by atoms with Crippen molar-refractivity contribution in [1.29, 1.82) is 5.26 Å². The summed E-state index contributed by atoms with van der Waals surface area (Å²) in [5.41, 5.74) is 1.25. The third kappa shape index (κ3) is 3.58. The molecule has 1 rings (SSSR count). The maximum absolute atomic E-state index is 8.41. The Morgan fingerprint density at radius 1 is 1.57 bits per heavy atom. The van der Waals surface area contributed by atoms with E-state index in [1.165, 1.54) is 5.56 Å². The molecule has 0 unspecified atom stereocenters. The highest BCUT2D eigenvalue weighted by molar-refractivity contribution is 5.03. The minimum absolute atomic E-state index is 0.601. The fraction of sp³-hybridized carbons (Fsp3) is 0.600. The first kappa shape index (κ1) is 10.7. The lowest BCUT2D eigenvalue weighted by Gasteiger charge is -2.13. The van der Waals surface area contributed by atoms with E-state index in [-0.39, 0.29) is 0 Å². The molecule has 0 bridgehead atoms. The van der Waals surface area contributed by atoms with Crippen molar-refractivity contribution < 1.29 is 0 Å². The Labute approximate surface area is 84.7 Å². The summed E-state index contributed by atoms with van der Waals surface area (Å²) in [5, 5.41) is 12.5. The molecule has 0 aromatic carbocycles. The molecule has 0 aliphatic heterocycles. The average molecular weight is 192 g/mol. The van der Waals surface area contributed by atoms with Gasteiger partial charge in [-0.05, 0) is 19.0 Å². The predicted molar refractivity (Wildman–Crippen MR) is 54.6 cm³/mol. The number of aryl methyl sites for hydroxylation is 1. The highest BCUT2D eigenvalue weighted by Crippen LogP contribution is 1.99. The summed E-state index contributed by atoms with van der Waals surface area (Å²) in [6, 6.07) is 2.14. The third-order valence-electron chi connectivity index (χ3n) is 2.15. The third-order valence-corrected chi connectivity index (χ3v) is 2.15. The van der Waals surface area contributed by atoms with Crippen molar-refractivity contribution in [3.63, 3.8) is 0 Å². The second-order valence-corrected chi connectivity index (χ2v) is 3.48. The van der Waals surface area contributed by atoms with Crippen LogP contribution < -0.4 is 0 Å². The maximum atomic E-state index is 8.41. The molecule has 1 aromatic rings. The molecule has 0 saturated heterocycles. The van der Waals surface area contributed by atoms with Gasteiger partial charge in [0.1, 0.15) is 0 Å². The molecule has 4 nitrogen and oxygen atoms in total. The molecule has 0 aliphatic carbocycles. The number of nitrogens with zero attached hydrogens (tertiary/aromatic N) is 4. The van der Waals surface area contributed by atoms with Crippen LogP contribution in [-0.2, 0) is 13.5 Å². The summed E-state index contributed by atoms with van der Waals surface area (Å²) < 4.78 is 1.81. The zero-order valence-electron chi connectivity index (χ0n) is 8.77. The Bertz CT molecular complexity index is 310. The molecule has 1 heterocycles. The first-order valence-corrected chi connectivity index (χ1v) is 4.75. The number of hydrogen-bond donors (Lipinski definition) is 0. The Hall–Kier alpha value is -1.34. The van der Waals surface area contributed by atoms with Crippen LogP contribution in [0.3, 0.4) is 0 Å². The van der Waals surface area contributed by atoms with Gasteiger partial charge in [-0.15, -0.1) is 0 Å². The first-order valence-electron chi connectivity index (χ1n) is 4.75. The van der Waals surface area contributed by atoms with Crippen molar-refractivity contribution in [1.82, 2.24) is 14.7 Å². The van der Waals surface area contributed by atoms with Crippen molar-refractivity contribution in [3.05, 3.63) is 18.0 Å². The zero-order valence-corrected chi connectivity index (χ0v) is 8.77. The molecule has 0 fully saturated rings. The number of nitriles is 1. The minimum Gasteiger partial charge on any atom is -0.305 e. The second-order valence-electron chi connectivity index (χ2n) is 3.48. The van der Waals surface area contributed by atoms with Gasteiger partial charge < -0.3 is 4.90 Å². The van der Waals surface area contributed by atoms with Crippen molar-refractivity contribution in [2.24, 2.45) is 7.05 Å². The Balaban J connectivity index is 2.24. The molecule has 0 aliphatic rings. The molecule has 4 heteroatoms. The van der Waals surface area contributed by atoms with E-state index in [9.17, 15) is 0 Å². The van der Waals surface area contributed by atoms with Gasteiger partial charge in [-0.25, -0.2) is 0 Å². The van der Waals surface area contributed by atoms with Gasteiger partial charge in [0.15, 0.2) is 0 Å². The molecule has 0 radical (unpaired) electrons. The minimum atomic E-state index is 0.601. The second kappa shape index (κ2) is 5.40. The molecule has 1 aromatic heterocycles. The van der Waals surface area contributed by atoms with Crippen molar-refractivity contribution in [3.8, 4) is 6.07 Å². The molecule has 0 amide bonds. The van der Waals surface area contributed by atoms with Crippen LogP contribution in [0.4, 0.5) is 0 Å². The summed E-state index contributed by atoms with van der Waals surface area (Å²) >= 11 is 0. The van der Waals surface area contributed by atoms with E-state index in [1.54, 1.807) is 0 Å². The normalized spacial score (nSPS) is 10.4. The molecular weight excluding hydrogens is 176 g/mol. The van der Waals surface area contributed by atoms with Gasteiger partial charge in [0.05, 0.1) is 12.3 Å². The van der Waals surface area contributed by atoms with Crippen LogP contribution in [0.2, 0.25) is 0 Å². The van der Waals surface area contributed by atoms with E-state index >= 15 is 0 Å². The summed E-state index contributed by atoms with van der Waals surface area (Å²) in [5.74, 6) is 0. The van der Waals surface area contributed by atoms with Gasteiger partial charge in [0, 0.05) is 32.8 Å². The highest BCUT2D eigenvalue weighted by Gasteiger charge is 2.00. The van der Waals surface area contributed by atoms with Gasteiger partial charge in [-0.2, -0.15) is 10.4 Å². The maximum Gasteiger partial charge on any atom is 0.0635 e. The summed E-state index contributed by atoms with van der Waals surface area (Å²) in [6.07, 6.45) is 5.51. The SMILES string of the molecule is CN(CCC#N)CCc1cnn(C)c1. The van der Waals surface area contributed by atoms with Gasteiger partial charge in [-0.3, -0.25) is 4.68 Å². The predicted octanol–water partition coefficient (Wildman–Crippen LogP) is 0.808. The number of likely N-dealkylation sites (N-methyl/N-ethyl adjacent to an activating group) is 1. The van der Waals surface area contributed by atoms with Crippen molar-refractivity contribution in [2.45, 2.75) is 12.8 Å². The molecule has 0 spiro atoms.